The van der Waals surface area contributed by atoms with Crippen LogP contribution in [0, 0.1) is 6.92 Å². The summed E-state index contributed by atoms with van der Waals surface area (Å²) in [4.78, 5) is 38.8. The van der Waals surface area contributed by atoms with Crippen molar-refractivity contribution in [2.24, 2.45) is 0 Å². The maximum absolute atomic E-state index is 12.9. The number of nitrogens with one attached hydrogen (secondary N) is 1. The predicted molar refractivity (Wildman–Crippen MR) is 128 cm³/mol. The van der Waals surface area contributed by atoms with Crippen molar-refractivity contribution in [2.75, 3.05) is 10.2 Å². The Balaban J connectivity index is 1.49. The van der Waals surface area contributed by atoms with E-state index in [9.17, 15) is 14.4 Å². The lowest BCUT2D eigenvalue weighted by Gasteiger charge is -2.16. The first-order chi connectivity index (χ1) is 15.7. The maximum Gasteiger partial charge on any atom is 0.343 e. The van der Waals surface area contributed by atoms with Gasteiger partial charge in [0.1, 0.15) is 16.5 Å². The van der Waals surface area contributed by atoms with Gasteiger partial charge in [-0.25, -0.2) is 9.69 Å². The van der Waals surface area contributed by atoms with Gasteiger partial charge in [-0.1, -0.05) is 46.9 Å². The molecule has 0 spiro atoms. The number of halogens is 3. The molecule has 0 saturated carbocycles. The van der Waals surface area contributed by atoms with E-state index in [4.69, 9.17) is 39.5 Å². The van der Waals surface area contributed by atoms with Gasteiger partial charge in [0.25, 0.3) is 11.8 Å². The van der Waals surface area contributed by atoms with Gasteiger partial charge in [-0.05, 0) is 67.1 Å². The highest BCUT2D eigenvalue weighted by atomic mass is 35.5. The number of benzene rings is 3. The van der Waals surface area contributed by atoms with Crippen molar-refractivity contribution in [2.45, 2.75) is 6.92 Å². The molecule has 0 aromatic heterocycles. The molecule has 1 heterocycles. The van der Waals surface area contributed by atoms with Crippen molar-refractivity contribution in [3.63, 3.8) is 0 Å². The predicted octanol–water partition coefficient (Wildman–Crippen LogP) is 5.96. The number of carbonyl (C=O) groups is 3. The van der Waals surface area contributed by atoms with Crippen LogP contribution in [0.25, 0.3) is 0 Å². The van der Waals surface area contributed by atoms with E-state index in [-0.39, 0.29) is 16.3 Å². The normalized spacial score (nSPS) is 13.5. The van der Waals surface area contributed by atoms with Crippen LogP contribution in [-0.2, 0) is 9.59 Å². The van der Waals surface area contributed by atoms with Crippen LogP contribution in [0.4, 0.5) is 11.4 Å². The SMILES string of the molecule is Cc1ccc(N2C(=O)C(Cl)=C(Nc3ccc(C(=O)Oc4cccc(Cl)c4)cc3)C2=O)cc1Cl. The van der Waals surface area contributed by atoms with Gasteiger partial charge in [-0.2, -0.15) is 0 Å². The molecule has 4 rings (SSSR count). The molecule has 1 N–H and O–H groups in total. The van der Waals surface area contributed by atoms with Crippen molar-refractivity contribution in [3.8, 4) is 5.75 Å². The molecule has 0 atom stereocenters. The third-order valence-electron chi connectivity index (χ3n) is 4.84. The Morgan fingerprint density at radius 2 is 1.64 bits per heavy atom. The number of rotatable bonds is 5. The van der Waals surface area contributed by atoms with Crippen LogP contribution >= 0.6 is 34.8 Å². The number of imide groups is 1. The fraction of sp³-hybridized carbons (Fsp3) is 0.0417. The van der Waals surface area contributed by atoms with Crippen molar-refractivity contribution in [1.82, 2.24) is 0 Å². The molecule has 6 nitrogen and oxygen atoms in total. The number of anilines is 2. The van der Waals surface area contributed by atoms with Crippen LogP contribution < -0.4 is 15.0 Å². The number of aryl methyl sites for hydroxylation is 1. The molecule has 1 aliphatic heterocycles. The maximum atomic E-state index is 12.9. The molecular formula is C24H15Cl3N2O4. The first-order valence-electron chi connectivity index (χ1n) is 9.64. The van der Waals surface area contributed by atoms with E-state index >= 15 is 0 Å². The van der Waals surface area contributed by atoms with E-state index in [0.717, 1.165) is 10.5 Å². The van der Waals surface area contributed by atoms with Gasteiger partial charge in [0.15, 0.2) is 0 Å². The van der Waals surface area contributed by atoms with Gasteiger partial charge < -0.3 is 10.1 Å². The Morgan fingerprint density at radius 1 is 0.909 bits per heavy atom. The van der Waals surface area contributed by atoms with E-state index in [1.807, 2.05) is 6.92 Å². The average molecular weight is 502 g/mol. The molecule has 2 amide bonds. The van der Waals surface area contributed by atoms with E-state index in [1.165, 1.54) is 24.3 Å². The van der Waals surface area contributed by atoms with E-state index in [0.29, 0.717) is 27.2 Å². The van der Waals surface area contributed by atoms with Gasteiger partial charge in [-0.3, -0.25) is 9.59 Å². The van der Waals surface area contributed by atoms with Gasteiger partial charge >= 0.3 is 5.97 Å². The Morgan fingerprint density at radius 3 is 2.30 bits per heavy atom. The highest BCUT2D eigenvalue weighted by Gasteiger charge is 2.39. The first kappa shape index (κ1) is 22.9. The number of amides is 2. The Labute approximate surface area is 204 Å². The molecular weight excluding hydrogens is 487 g/mol. The van der Waals surface area contributed by atoms with Crippen LogP contribution in [-0.4, -0.2) is 17.8 Å². The minimum absolute atomic E-state index is 0.0763. The third-order valence-corrected chi connectivity index (χ3v) is 5.83. The van der Waals surface area contributed by atoms with E-state index < -0.39 is 17.8 Å². The van der Waals surface area contributed by atoms with E-state index in [2.05, 4.69) is 5.32 Å². The van der Waals surface area contributed by atoms with Crippen molar-refractivity contribution in [1.29, 1.82) is 0 Å². The quantitative estimate of drug-likeness (QED) is 0.265. The first-order valence-corrected chi connectivity index (χ1v) is 10.8. The number of carbonyl (C=O) groups excluding carboxylic acids is 3. The number of nitrogens with zero attached hydrogens (tertiary/aromatic N) is 1. The summed E-state index contributed by atoms with van der Waals surface area (Å²) in [5.41, 5.74) is 1.78. The van der Waals surface area contributed by atoms with Crippen molar-refractivity contribution < 1.29 is 19.1 Å². The lowest BCUT2D eigenvalue weighted by Crippen LogP contribution is -2.32. The Kier molecular flexibility index (Phi) is 6.42. The van der Waals surface area contributed by atoms with Crippen LogP contribution in [0.2, 0.25) is 10.0 Å². The minimum atomic E-state index is -0.661. The number of ether oxygens (including phenoxy) is 1. The zero-order valence-electron chi connectivity index (χ0n) is 17.1. The van der Waals surface area contributed by atoms with Gasteiger partial charge in [0.05, 0.1) is 11.3 Å². The van der Waals surface area contributed by atoms with Crippen molar-refractivity contribution >= 4 is 64.0 Å². The van der Waals surface area contributed by atoms with E-state index in [1.54, 1.807) is 42.5 Å². The number of hydrogen-bond acceptors (Lipinski definition) is 5. The topological polar surface area (TPSA) is 75.7 Å². The monoisotopic (exact) mass is 500 g/mol. The zero-order chi connectivity index (χ0) is 23.7. The average Bonchev–Trinajstić information content (AvgIpc) is 2.99. The lowest BCUT2D eigenvalue weighted by atomic mass is 10.2. The summed E-state index contributed by atoms with van der Waals surface area (Å²) in [6.45, 7) is 1.81. The molecule has 0 unspecified atom stereocenters. The van der Waals surface area contributed by atoms with Gasteiger partial charge in [-0.15, -0.1) is 0 Å². The smallest absolute Gasteiger partial charge is 0.343 e. The highest BCUT2D eigenvalue weighted by Crippen LogP contribution is 2.32. The molecule has 3 aromatic rings. The molecule has 0 fully saturated rings. The Hall–Kier alpha value is -3.32. The third kappa shape index (κ3) is 4.73. The van der Waals surface area contributed by atoms with Gasteiger partial charge in [0.2, 0.25) is 0 Å². The van der Waals surface area contributed by atoms with Crippen molar-refractivity contribution in [3.05, 3.63) is 98.6 Å². The molecule has 1 aliphatic rings. The summed E-state index contributed by atoms with van der Waals surface area (Å²) in [6.07, 6.45) is 0. The molecule has 9 heteroatoms. The van der Waals surface area contributed by atoms with Gasteiger partial charge in [0, 0.05) is 15.7 Å². The highest BCUT2D eigenvalue weighted by molar-refractivity contribution is 6.53. The summed E-state index contributed by atoms with van der Waals surface area (Å²) >= 11 is 18.2. The molecule has 166 valence electrons. The fourth-order valence-corrected chi connectivity index (χ4v) is 3.66. The minimum Gasteiger partial charge on any atom is -0.423 e. The second-order valence-corrected chi connectivity index (χ2v) is 8.34. The zero-order valence-corrected chi connectivity index (χ0v) is 19.3. The molecule has 33 heavy (non-hydrogen) atoms. The van der Waals surface area contributed by atoms with Crippen LogP contribution in [0.15, 0.2) is 77.5 Å². The van der Waals surface area contributed by atoms with Crippen LogP contribution in [0.1, 0.15) is 15.9 Å². The van der Waals surface area contributed by atoms with Crippen LogP contribution in [0.5, 0.6) is 5.75 Å². The molecule has 0 bridgehead atoms. The molecule has 3 aromatic carbocycles. The second kappa shape index (κ2) is 9.27. The summed E-state index contributed by atoms with van der Waals surface area (Å²) in [5.74, 6) is -1.53. The Bertz CT molecular complexity index is 1320. The summed E-state index contributed by atoms with van der Waals surface area (Å²) < 4.78 is 5.29. The number of esters is 1. The second-order valence-electron chi connectivity index (χ2n) is 7.12. The molecule has 0 aliphatic carbocycles. The molecule has 0 radical (unpaired) electrons. The fourth-order valence-electron chi connectivity index (χ4n) is 3.10. The standard InChI is InChI=1S/C24H15Cl3N2O4/c1-13-5-10-17(12-19(13)26)29-22(30)20(27)21(23(29)31)28-16-8-6-14(7-9-16)24(32)33-18-4-2-3-15(25)11-18/h2-12,28H,1H3. The summed E-state index contributed by atoms with van der Waals surface area (Å²) in [6, 6.07) is 17.5. The molecule has 0 saturated heterocycles. The number of hydrogen-bond donors (Lipinski definition) is 1. The summed E-state index contributed by atoms with van der Waals surface area (Å²) in [7, 11) is 0. The largest absolute Gasteiger partial charge is 0.423 e. The summed E-state index contributed by atoms with van der Waals surface area (Å²) in [5, 5.41) is 3.47. The van der Waals surface area contributed by atoms with Crippen LogP contribution in [0.3, 0.4) is 0 Å². The lowest BCUT2D eigenvalue weighted by molar-refractivity contribution is -0.120.